The van der Waals surface area contributed by atoms with Gasteiger partial charge < -0.3 is 8.83 Å². The molecule has 0 aliphatic carbocycles. The molecule has 0 unspecified atom stereocenters. The van der Waals surface area contributed by atoms with Crippen LogP contribution in [0, 0.1) is 17.8 Å². The highest BCUT2D eigenvalue weighted by Crippen LogP contribution is 2.36. The minimum absolute atomic E-state index is 0.455. The van der Waals surface area contributed by atoms with Crippen LogP contribution in [0.3, 0.4) is 0 Å². The van der Waals surface area contributed by atoms with Crippen molar-refractivity contribution < 1.29 is 8.83 Å². The van der Waals surface area contributed by atoms with Crippen molar-refractivity contribution in [3.8, 4) is 11.8 Å². The van der Waals surface area contributed by atoms with E-state index in [0.717, 1.165) is 62.3 Å². The molecule has 0 aliphatic heterocycles. The van der Waals surface area contributed by atoms with Crippen molar-refractivity contribution in [2.24, 2.45) is 5.92 Å². The first-order valence-corrected chi connectivity index (χ1v) is 9.56. The average Bonchev–Trinajstić information content (AvgIpc) is 3.23. The normalized spacial score (nSPS) is 11.7. The van der Waals surface area contributed by atoms with E-state index in [1.165, 1.54) is 0 Å². The summed E-state index contributed by atoms with van der Waals surface area (Å²) in [6.07, 6.45) is 2.17. The Morgan fingerprint density at radius 1 is 0.704 bits per heavy atom. The van der Waals surface area contributed by atoms with Crippen molar-refractivity contribution in [2.45, 2.75) is 26.7 Å². The van der Waals surface area contributed by atoms with Gasteiger partial charge in [0.2, 0.25) is 0 Å². The van der Waals surface area contributed by atoms with E-state index < -0.39 is 0 Å². The van der Waals surface area contributed by atoms with E-state index in [1.807, 2.05) is 24.3 Å². The van der Waals surface area contributed by atoms with Crippen LogP contribution in [0.1, 0.15) is 32.3 Å². The van der Waals surface area contributed by atoms with E-state index in [4.69, 9.17) is 8.83 Å². The molecule has 5 aromatic rings. The van der Waals surface area contributed by atoms with Crippen LogP contribution in [0.4, 0.5) is 0 Å². The Labute approximate surface area is 157 Å². The van der Waals surface area contributed by atoms with Crippen LogP contribution in [-0.4, -0.2) is 0 Å². The molecule has 0 N–H and O–H groups in total. The van der Waals surface area contributed by atoms with Gasteiger partial charge in [0, 0.05) is 33.0 Å². The minimum atomic E-state index is 0.455. The summed E-state index contributed by atoms with van der Waals surface area (Å²) in [6, 6.07) is 18.5. The molecule has 0 bridgehead atoms. The Morgan fingerprint density at radius 2 is 1.33 bits per heavy atom. The van der Waals surface area contributed by atoms with Gasteiger partial charge in [-0.1, -0.05) is 43.9 Å². The van der Waals surface area contributed by atoms with Gasteiger partial charge in [0.25, 0.3) is 0 Å². The highest BCUT2D eigenvalue weighted by Gasteiger charge is 2.13. The highest BCUT2D eigenvalue weighted by molar-refractivity contribution is 6.14. The van der Waals surface area contributed by atoms with Crippen LogP contribution in [0.5, 0.6) is 0 Å². The number of fused-ring (bicyclic) bond motifs is 6. The Bertz CT molecular complexity index is 1350. The Balaban J connectivity index is 1.68. The molecule has 0 saturated carbocycles. The molecule has 0 saturated heterocycles. The molecule has 3 aromatic carbocycles. The van der Waals surface area contributed by atoms with Gasteiger partial charge >= 0.3 is 0 Å². The highest BCUT2D eigenvalue weighted by atomic mass is 16.3. The van der Waals surface area contributed by atoms with Gasteiger partial charge in [-0.15, -0.1) is 0 Å². The fourth-order valence-electron chi connectivity index (χ4n) is 3.75. The van der Waals surface area contributed by atoms with Gasteiger partial charge in [-0.3, -0.25) is 0 Å². The molecule has 0 fully saturated rings. The van der Waals surface area contributed by atoms with Gasteiger partial charge in [0.15, 0.2) is 0 Å². The van der Waals surface area contributed by atoms with E-state index in [1.54, 1.807) is 0 Å². The number of furan rings is 2. The molecule has 0 aliphatic rings. The van der Waals surface area contributed by atoms with E-state index in [9.17, 15) is 0 Å². The minimum Gasteiger partial charge on any atom is -0.456 e. The second-order valence-corrected chi connectivity index (χ2v) is 7.04. The summed E-state index contributed by atoms with van der Waals surface area (Å²) in [7, 11) is 0. The first kappa shape index (κ1) is 16.0. The van der Waals surface area contributed by atoms with Crippen molar-refractivity contribution in [1.82, 2.24) is 0 Å². The topological polar surface area (TPSA) is 26.3 Å². The summed E-state index contributed by atoms with van der Waals surface area (Å²) in [4.78, 5) is 0. The standard InChI is InChI=1S/C25H20O2/c1-3-16(4-2)9-10-17-11-12-19-21-15-24-20(14-25(21)27-23(19)13-17)18-7-5-6-8-22(18)26-24/h5-8,11-16H,3-4H2,1-2H3. The van der Waals surface area contributed by atoms with Crippen LogP contribution in [0.2, 0.25) is 0 Å². The monoisotopic (exact) mass is 352 g/mol. The van der Waals surface area contributed by atoms with Gasteiger partial charge in [0.05, 0.1) is 0 Å². The second-order valence-electron chi connectivity index (χ2n) is 7.04. The fraction of sp³-hybridized carbons (Fsp3) is 0.200. The van der Waals surface area contributed by atoms with Crippen LogP contribution < -0.4 is 0 Å². The van der Waals surface area contributed by atoms with Gasteiger partial charge in [-0.05, 0) is 49.2 Å². The molecule has 27 heavy (non-hydrogen) atoms. The van der Waals surface area contributed by atoms with Gasteiger partial charge in [-0.25, -0.2) is 0 Å². The summed E-state index contributed by atoms with van der Waals surface area (Å²) in [5.74, 6) is 7.13. The molecule has 2 heteroatoms. The SMILES string of the molecule is CCC(C#Cc1ccc2c(c1)oc1cc3c(cc12)oc1ccccc13)CC. The average molecular weight is 352 g/mol. The van der Waals surface area contributed by atoms with Crippen LogP contribution in [-0.2, 0) is 0 Å². The molecule has 2 aromatic heterocycles. The first-order chi connectivity index (χ1) is 13.3. The molecule has 132 valence electrons. The van der Waals surface area contributed by atoms with E-state index >= 15 is 0 Å². The Hall–Kier alpha value is -3.18. The predicted octanol–water partition coefficient (Wildman–Crippen LogP) is 7.27. The van der Waals surface area contributed by atoms with Crippen molar-refractivity contribution in [1.29, 1.82) is 0 Å². The summed E-state index contributed by atoms with van der Waals surface area (Å²) < 4.78 is 12.2. The quantitative estimate of drug-likeness (QED) is 0.312. The smallest absolute Gasteiger partial charge is 0.136 e. The molecular formula is C25H20O2. The number of para-hydroxylation sites is 1. The zero-order chi connectivity index (χ0) is 18.4. The molecule has 0 amide bonds. The molecule has 2 nitrogen and oxygen atoms in total. The lowest BCUT2D eigenvalue weighted by Gasteiger charge is -2.00. The second kappa shape index (κ2) is 6.21. The van der Waals surface area contributed by atoms with Crippen molar-refractivity contribution >= 4 is 43.9 Å². The summed E-state index contributed by atoms with van der Waals surface area (Å²) in [6.45, 7) is 4.37. The Kier molecular flexibility index (Phi) is 3.69. The lowest BCUT2D eigenvalue weighted by Crippen LogP contribution is -1.91. The fourth-order valence-corrected chi connectivity index (χ4v) is 3.75. The molecular weight excluding hydrogens is 332 g/mol. The van der Waals surface area contributed by atoms with Crippen molar-refractivity contribution in [3.63, 3.8) is 0 Å². The maximum atomic E-state index is 6.17. The maximum Gasteiger partial charge on any atom is 0.136 e. The summed E-state index contributed by atoms with van der Waals surface area (Å²) in [5, 5.41) is 4.38. The third kappa shape index (κ3) is 2.59. The third-order valence-electron chi connectivity index (χ3n) is 5.38. The predicted molar refractivity (Wildman–Crippen MR) is 112 cm³/mol. The van der Waals surface area contributed by atoms with E-state index in [-0.39, 0.29) is 0 Å². The van der Waals surface area contributed by atoms with Crippen LogP contribution >= 0.6 is 0 Å². The van der Waals surface area contributed by atoms with E-state index in [0.29, 0.717) is 5.92 Å². The zero-order valence-corrected chi connectivity index (χ0v) is 15.5. The lowest BCUT2D eigenvalue weighted by atomic mass is 10.0. The Morgan fingerprint density at radius 3 is 2.07 bits per heavy atom. The van der Waals surface area contributed by atoms with Crippen LogP contribution in [0.15, 0.2) is 63.4 Å². The molecule has 2 heterocycles. The van der Waals surface area contributed by atoms with Gasteiger partial charge in [-0.2, -0.15) is 0 Å². The maximum absolute atomic E-state index is 6.17. The third-order valence-corrected chi connectivity index (χ3v) is 5.38. The van der Waals surface area contributed by atoms with Crippen molar-refractivity contribution in [2.75, 3.05) is 0 Å². The number of benzene rings is 3. The van der Waals surface area contributed by atoms with Crippen molar-refractivity contribution in [3.05, 3.63) is 60.2 Å². The lowest BCUT2D eigenvalue weighted by molar-refractivity contribution is 0.627. The largest absolute Gasteiger partial charge is 0.456 e. The molecule has 0 spiro atoms. The van der Waals surface area contributed by atoms with Crippen LogP contribution in [0.25, 0.3) is 43.9 Å². The number of rotatable bonds is 2. The zero-order valence-electron chi connectivity index (χ0n) is 15.5. The van der Waals surface area contributed by atoms with E-state index in [2.05, 4.69) is 56.0 Å². The first-order valence-electron chi connectivity index (χ1n) is 9.56. The molecule has 0 radical (unpaired) electrons. The molecule has 5 rings (SSSR count). The number of hydrogen-bond acceptors (Lipinski definition) is 2. The van der Waals surface area contributed by atoms with Gasteiger partial charge in [0.1, 0.15) is 22.3 Å². The summed E-state index contributed by atoms with van der Waals surface area (Å²) in [5.41, 5.74) is 4.56. The summed E-state index contributed by atoms with van der Waals surface area (Å²) >= 11 is 0. The number of hydrogen-bond donors (Lipinski definition) is 0. The molecule has 0 atom stereocenters.